The first-order valence-electron chi connectivity index (χ1n) is 10.8. The molecule has 0 aliphatic heterocycles. The van der Waals surface area contributed by atoms with Gasteiger partial charge in [-0.2, -0.15) is 4.31 Å². The van der Waals surface area contributed by atoms with E-state index in [2.05, 4.69) is 15.9 Å². The van der Waals surface area contributed by atoms with Gasteiger partial charge in [-0.05, 0) is 72.4 Å². The second-order valence-electron chi connectivity index (χ2n) is 8.08. The third-order valence-electron chi connectivity index (χ3n) is 5.35. The van der Waals surface area contributed by atoms with Crippen molar-refractivity contribution >= 4 is 37.5 Å². The molecule has 7 heteroatoms. The van der Waals surface area contributed by atoms with E-state index in [1.54, 1.807) is 30.3 Å². The number of ether oxygens (including phenoxy) is 1. The summed E-state index contributed by atoms with van der Waals surface area (Å²) in [6, 6.07) is 18.7. The second kappa shape index (κ2) is 10.5. The number of benzene rings is 3. The largest absolute Gasteiger partial charge is 0.483 e. The highest BCUT2D eigenvalue weighted by Crippen LogP contribution is 2.32. The van der Waals surface area contributed by atoms with E-state index in [1.807, 2.05) is 52.0 Å². The van der Waals surface area contributed by atoms with Crippen molar-refractivity contribution in [3.05, 3.63) is 87.9 Å². The Hall–Kier alpha value is -2.64. The molecule has 5 nitrogen and oxygen atoms in total. The number of carbonyl (C=O) groups excluding carboxylic acids is 1. The maximum absolute atomic E-state index is 13.5. The van der Waals surface area contributed by atoms with Gasteiger partial charge in [0.25, 0.3) is 15.9 Å². The molecule has 0 unspecified atom stereocenters. The zero-order valence-corrected chi connectivity index (χ0v) is 21.6. The SMILES string of the molecule is CCc1ccc(N(C(=O)COc2cc(C)c(Br)cc2C(C)C)S(=O)(=O)c2ccccc2)cc1. The Bertz CT molecular complexity index is 1220. The minimum absolute atomic E-state index is 0.0419. The highest BCUT2D eigenvalue weighted by Gasteiger charge is 2.31. The van der Waals surface area contributed by atoms with E-state index in [0.717, 1.165) is 31.9 Å². The van der Waals surface area contributed by atoms with Gasteiger partial charge in [0.2, 0.25) is 0 Å². The van der Waals surface area contributed by atoms with E-state index in [-0.39, 0.29) is 16.5 Å². The number of aryl methyl sites for hydroxylation is 2. The number of sulfonamides is 1. The van der Waals surface area contributed by atoms with Crippen LogP contribution in [0.25, 0.3) is 0 Å². The molecule has 0 atom stereocenters. The van der Waals surface area contributed by atoms with Crippen LogP contribution in [0.5, 0.6) is 5.75 Å². The van der Waals surface area contributed by atoms with E-state index in [9.17, 15) is 13.2 Å². The van der Waals surface area contributed by atoms with Crippen LogP contribution in [-0.2, 0) is 21.2 Å². The zero-order chi connectivity index (χ0) is 24.2. The average molecular weight is 530 g/mol. The lowest BCUT2D eigenvalue weighted by Gasteiger charge is -2.24. The number of hydrogen-bond acceptors (Lipinski definition) is 4. The monoisotopic (exact) mass is 529 g/mol. The molecule has 33 heavy (non-hydrogen) atoms. The molecule has 0 aliphatic carbocycles. The van der Waals surface area contributed by atoms with E-state index in [1.165, 1.54) is 12.1 Å². The highest BCUT2D eigenvalue weighted by molar-refractivity contribution is 9.10. The summed E-state index contributed by atoms with van der Waals surface area (Å²) in [4.78, 5) is 13.4. The minimum Gasteiger partial charge on any atom is -0.483 e. The molecule has 3 aromatic carbocycles. The molecule has 0 N–H and O–H groups in total. The summed E-state index contributed by atoms with van der Waals surface area (Å²) in [6.45, 7) is 7.60. The van der Waals surface area contributed by atoms with Gasteiger partial charge in [0.1, 0.15) is 5.75 Å². The molecule has 1 amide bonds. The van der Waals surface area contributed by atoms with Crippen LogP contribution in [0.15, 0.2) is 76.1 Å². The number of halogens is 1. The normalized spacial score (nSPS) is 11.5. The minimum atomic E-state index is -4.12. The maximum Gasteiger partial charge on any atom is 0.278 e. The molecule has 0 radical (unpaired) electrons. The molecule has 0 heterocycles. The summed E-state index contributed by atoms with van der Waals surface area (Å²) in [6.07, 6.45) is 0.809. The fourth-order valence-corrected chi connectivity index (χ4v) is 5.22. The molecule has 174 valence electrons. The topological polar surface area (TPSA) is 63.7 Å². The van der Waals surface area contributed by atoms with Crippen LogP contribution in [0, 0.1) is 6.92 Å². The van der Waals surface area contributed by atoms with Gasteiger partial charge in [0.05, 0.1) is 10.6 Å². The summed E-state index contributed by atoms with van der Waals surface area (Å²) < 4.78 is 34.6. The van der Waals surface area contributed by atoms with Crippen LogP contribution in [-0.4, -0.2) is 20.9 Å². The molecule has 0 aliphatic rings. The van der Waals surface area contributed by atoms with E-state index < -0.39 is 22.5 Å². The summed E-state index contributed by atoms with van der Waals surface area (Å²) in [7, 11) is -4.12. The quantitative estimate of drug-likeness (QED) is 0.346. The molecule has 0 saturated carbocycles. The first kappa shape index (κ1) is 25.0. The number of rotatable bonds is 8. The molecule has 0 fully saturated rings. The fourth-order valence-electron chi connectivity index (χ4n) is 3.43. The smallest absolute Gasteiger partial charge is 0.278 e. The van der Waals surface area contributed by atoms with Crippen LogP contribution in [0.2, 0.25) is 0 Å². The van der Waals surface area contributed by atoms with Gasteiger partial charge in [-0.1, -0.05) is 67.0 Å². The lowest BCUT2D eigenvalue weighted by atomic mass is 10.0. The highest BCUT2D eigenvalue weighted by atomic mass is 79.9. The predicted molar refractivity (Wildman–Crippen MR) is 135 cm³/mol. The van der Waals surface area contributed by atoms with Crippen molar-refractivity contribution in [2.45, 2.75) is 44.9 Å². The van der Waals surface area contributed by atoms with E-state index >= 15 is 0 Å². The van der Waals surface area contributed by atoms with Gasteiger partial charge in [-0.15, -0.1) is 0 Å². The lowest BCUT2D eigenvalue weighted by molar-refractivity contribution is -0.119. The maximum atomic E-state index is 13.5. The zero-order valence-electron chi connectivity index (χ0n) is 19.2. The van der Waals surface area contributed by atoms with Crippen LogP contribution < -0.4 is 9.04 Å². The van der Waals surface area contributed by atoms with Crippen molar-refractivity contribution in [2.75, 3.05) is 10.9 Å². The fraction of sp³-hybridized carbons (Fsp3) is 0.269. The van der Waals surface area contributed by atoms with Crippen LogP contribution in [0.4, 0.5) is 5.69 Å². The van der Waals surface area contributed by atoms with Gasteiger partial charge < -0.3 is 4.74 Å². The number of carbonyl (C=O) groups is 1. The third kappa shape index (κ3) is 5.65. The Morgan fingerprint density at radius 3 is 2.24 bits per heavy atom. The number of nitrogens with zero attached hydrogens (tertiary/aromatic N) is 1. The first-order valence-corrected chi connectivity index (χ1v) is 13.0. The Morgan fingerprint density at radius 2 is 1.67 bits per heavy atom. The van der Waals surface area contributed by atoms with Gasteiger partial charge >= 0.3 is 0 Å². The molecular weight excluding hydrogens is 502 g/mol. The molecule has 0 aromatic heterocycles. The van der Waals surface area contributed by atoms with Gasteiger partial charge in [0.15, 0.2) is 6.61 Å². The van der Waals surface area contributed by atoms with Crippen molar-refractivity contribution in [2.24, 2.45) is 0 Å². The molecule has 0 bridgehead atoms. The summed E-state index contributed by atoms with van der Waals surface area (Å²) >= 11 is 3.54. The Labute approximate surface area is 204 Å². The molecule has 3 aromatic rings. The van der Waals surface area contributed by atoms with Crippen molar-refractivity contribution in [1.82, 2.24) is 0 Å². The number of amides is 1. The van der Waals surface area contributed by atoms with Crippen LogP contribution in [0.3, 0.4) is 0 Å². The first-order chi connectivity index (χ1) is 15.6. The number of hydrogen-bond donors (Lipinski definition) is 0. The van der Waals surface area contributed by atoms with E-state index in [0.29, 0.717) is 5.75 Å². The van der Waals surface area contributed by atoms with Crippen molar-refractivity contribution < 1.29 is 17.9 Å². The summed E-state index contributed by atoms with van der Waals surface area (Å²) in [5.74, 6) is 0.0635. The third-order valence-corrected chi connectivity index (χ3v) is 7.97. The Balaban J connectivity index is 1.98. The van der Waals surface area contributed by atoms with E-state index in [4.69, 9.17) is 4.74 Å². The number of anilines is 1. The van der Waals surface area contributed by atoms with Gasteiger partial charge in [-0.25, -0.2) is 8.42 Å². The standard InChI is InChI=1S/C26H28BrNO4S/c1-5-20-11-13-21(14-12-20)28(33(30,31)22-9-7-6-8-10-22)26(29)17-32-25-15-19(4)24(27)16-23(25)18(2)3/h6-16,18H,5,17H2,1-4H3. The lowest BCUT2D eigenvalue weighted by Crippen LogP contribution is -2.40. The van der Waals surface area contributed by atoms with Gasteiger partial charge in [0, 0.05) is 4.47 Å². The van der Waals surface area contributed by atoms with Crippen LogP contribution >= 0.6 is 15.9 Å². The van der Waals surface area contributed by atoms with Crippen LogP contribution in [0.1, 0.15) is 43.4 Å². The predicted octanol–water partition coefficient (Wildman–Crippen LogP) is 6.24. The molecular formula is C26H28BrNO4S. The Morgan fingerprint density at radius 1 is 1.03 bits per heavy atom. The second-order valence-corrected chi connectivity index (χ2v) is 10.7. The molecule has 3 rings (SSSR count). The van der Waals surface area contributed by atoms with Crippen molar-refractivity contribution in [3.63, 3.8) is 0 Å². The van der Waals surface area contributed by atoms with Gasteiger partial charge in [-0.3, -0.25) is 4.79 Å². The van der Waals surface area contributed by atoms with Crippen molar-refractivity contribution in [1.29, 1.82) is 0 Å². The Kier molecular flexibility index (Phi) is 7.97. The summed E-state index contributed by atoms with van der Waals surface area (Å²) in [5.41, 5.74) is 3.22. The molecule has 0 saturated heterocycles. The van der Waals surface area contributed by atoms with Crippen molar-refractivity contribution in [3.8, 4) is 5.75 Å². The molecule has 0 spiro atoms. The average Bonchev–Trinajstić information content (AvgIpc) is 2.80. The summed E-state index contributed by atoms with van der Waals surface area (Å²) in [5, 5.41) is 0.